The van der Waals surface area contributed by atoms with Gasteiger partial charge in [0.05, 0.1) is 32.0 Å². The van der Waals surface area contributed by atoms with Gasteiger partial charge in [0.2, 0.25) is 11.8 Å². The van der Waals surface area contributed by atoms with Crippen molar-refractivity contribution in [3.8, 4) is 12.3 Å². The van der Waals surface area contributed by atoms with E-state index < -0.39 is 30.3 Å². The molecule has 2 aromatic carbocycles. The van der Waals surface area contributed by atoms with Gasteiger partial charge in [0, 0.05) is 10.5 Å². The maximum Gasteiger partial charge on any atom is 0.252 e. The molecule has 0 aliphatic rings. The lowest BCUT2D eigenvalue weighted by atomic mass is 10.1. The first-order valence-corrected chi connectivity index (χ1v) is 9.59. The molecule has 0 saturated heterocycles. The third-order valence-electron chi connectivity index (χ3n) is 4.12. The average Bonchev–Trinajstić information content (AvgIpc) is 2.81. The molecule has 3 N–H and O–H groups in total. The Morgan fingerprint density at radius 3 is 2.53 bits per heavy atom. The Bertz CT molecular complexity index is 1030. The van der Waals surface area contributed by atoms with Crippen LogP contribution in [0.25, 0.3) is 10.4 Å². The molecule has 0 aromatic heterocycles. The Morgan fingerprint density at radius 1 is 1.09 bits per heavy atom. The molecule has 0 spiro atoms. The number of amides is 3. The fourth-order valence-corrected chi connectivity index (χ4v) is 2.62. The number of benzene rings is 2. The van der Waals surface area contributed by atoms with Crippen molar-refractivity contribution in [2.75, 3.05) is 19.7 Å². The predicted octanol–water partition coefficient (Wildman–Crippen LogP) is 1.81. The Morgan fingerprint density at radius 2 is 1.81 bits per heavy atom. The van der Waals surface area contributed by atoms with Gasteiger partial charge in [-0.2, -0.15) is 0 Å². The van der Waals surface area contributed by atoms with Gasteiger partial charge in [-0.25, -0.2) is 0 Å². The van der Waals surface area contributed by atoms with Crippen molar-refractivity contribution >= 4 is 23.4 Å². The number of nitrogens with one attached hydrogen (secondary N) is 3. The van der Waals surface area contributed by atoms with Crippen LogP contribution in [0.4, 0.5) is 5.69 Å². The second kappa shape index (κ2) is 13.1. The number of hydrogen-bond donors (Lipinski definition) is 3. The van der Waals surface area contributed by atoms with E-state index in [0.29, 0.717) is 0 Å². The minimum absolute atomic E-state index is 0.00316. The Balaban J connectivity index is 1.93. The van der Waals surface area contributed by atoms with Crippen molar-refractivity contribution in [2.45, 2.75) is 12.6 Å². The smallest absolute Gasteiger partial charge is 0.252 e. The molecule has 2 rings (SSSR count). The highest BCUT2D eigenvalue weighted by Gasteiger charge is 2.21. The van der Waals surface area contributed by atoms with E-state index in [4.69, 9.17) is 16.7 Å². The van der Waals surface area contributed by atoms with Gasteiger partial charge in [-0.3, -0.25) is 14.4 Å². The van der Waals surface area contributed by atoms with Gasteiger partial charge in [-0.1, -0.05) is 59.6 Å². The summed E-state index contributed by atoms with van der Waals surface area (Å²) in [4.78, 5) is 39.7. The largest absolute Gasteiger partial charge is 0.374 e. The van der Waals surface area contributed by atoms with E-state index in [1.807, 2.05) is 30.3 Å². The van der Waals surface area contributed by atoms with Crippen LogP contribution in [-0.2, 0) is 20.9 Å². The molecule has 2 aromatic rings. The van der Waals surface area contributed by atoms with Gasteiger partial charge in [-0.05, 0) is 17.2 Å². The molecule has 164 valence electrons. The van der Waals surface area contributed by atoms with E-state index in [-0.39, 0.29) is 31.0 Å². The maximum absolute atomic E-state index is 12.3. The number of carbonyl (C=O) groups excluding carboxylic acids is 3. The lowest BCUT2D eigenvalue weighted by Gasteiger charge is -2.18. The fourth-order valence-electron chi connectivity index (χ4n) is 2.62. The minimum Gasteiger partial charge on any atom is -0.374 e. The zero-order valence-electron chi connectivity index (χ0n) is 17.2. The molecule has 0 heterocycles. The van der Waals surface area contributed by atoms with Crippen LogP contribution in [0.2, 0.25) is 0 Å². The molecule has 0 aliphatic heterocycles. The summed E-state index contributed by atoms with van der Waals surface area (Å²) >= 11 is 0. The maximum atomic E-state index is 12.3. The molecule has 10 nitrogen and oxygen atoms in total. The second-order valence-corrected chi connectivity index (χ2v) is 6.43. The molecular formula is C22H22N6O4. The van der Waals surface area contributed by atoms with Gasteiger partial charge < -0.3 is 20.7 Å². The first-order chi connectivity index (χ1) is 15.5. The molecule has 3 amide bonds. The molecule has 0 aliphatic carbocycles. The van der Waals surface area contributed by atoms with Gasteiger partial charge in [0.25, 0.3) is 5.91 Å². The standard InChI is InChI=1S/C22H22N6O4/c1-2-12-24-22(31)19(15-32-14-16-8-4-3-5-9-16)26-20(29)13-25-21(30)17-10-6-7-11-18(17)27-28-23/h1,3-11,19H,12-15H2,(H,24,31)(H,25,30)(H,26,29)/t19-/m0/s1. The molecule has 0 unspecified atom stereocenters. The Hall–Kier alpha value is -4.32. The van der Waals surface area contributed by atoms with Crippen LogP contribution >= 0.6 is 0 Å². The van der Waals surface area contributed by atoms with E-state index in [9.17, 15) is 14.4 Å². The van der Waals surface area contributed by atoms with E-state index in [0.717, 1.165) is 5.56 Å². The third kappa shape index (κ3) is 7.84. The number of hydrogen-bond acceptors (Lipinski definition) is 5. The number of terminal acetylenes is 1. The van der Waals surface area contributed by atoms with Crippen molar-refractivity contribution in [1.82, 2.24) is 16.0 Å². The second-order valence-electron chi connectivity index (χ2n) is 6.43. The number of nitrogens with zero attached hydrogens (tertiary/aromatic N) is 3. The van der Waals surface area contributed by atoms with Crippen molar-refractivity contribution in [3.63, 3.8) is 0 Å². The van der Waals surface area contributed by atoms with Crippen molar-refractivity contribution in [3.05, 3.63) is 76.2 Å². The summed E-state index contributed by atoms with van der Waals surface area (Å²) in [6, 6.07) is 14.5. The first kappa shape index (κ1) is 24.0. The Labute approximate surface area is 185 Å². The van der Waals surface area contributed by atoms with Gasteiger partial charge in [0.1, 0.15) is 6.04 Å². The molecule has 0 fully saturated rings. The zero-order chi connectivity index (χ0) is 23.2. The van der Waals surface area contributed by atoms with E-state index in [1.54, 1.807) is 12.1 Å². The number of ether oxygens (including phenoxy) is 1. The summed E-state index contributed by atoms with van der Waals surface area (Å²) in [7, 11) is 0. The molecule has 0 radical (unpaired) electrons. The molecular weight excluding hydrogens is 412 g/mol. The van der Waals surface area contributed by atoms with E-state index in [1.165, 1.54) is 12.1 Å². The van der Waals surface area contributed by atoms with Crippen molar-refractivity contribution in [2.24, 2.45) is 5.11 Å². The highest BCUT2D eigenvalue weighted by Crippen LogP contribution is 2.18. The van der Waals surface area contributed by atoms with Crippen molar-refractivity contribution < 1.29 is 19.1 Å². The SMILES string of the molecule is C#CCNC(=O)[C@H](COCc1ccccc1)NC(=O)CNC(=O)c1ccccc1N=[N+]=[N-]. The summed E-state index contributed by atoms with van der Waals surface area (Å²) in [6.45, 7) is -0.245. The highest BCUT2D eigenvalue weighted by atomic mass is 16.5. The average molecular weight is 434 g/mol. The minimum atomic E-state index is -1.01. The predicted molar refractivity (Wildman–Crippen MR) is 117 cm³/mol. The summed E-state index contributed by atoms with van der Waals surface area (Å²) in [6.07, 6.45) is 5.16. The zero-order valence-corrected chi connectivity index (χ0v) is 17.2. The van der Waals surface area contributed by atoms with Gasteiger partial charge >= 0.3 is 0 Å². The van der Waals surface area contributed by atoms with Gasteiger partial charge in [0.15, 0.2) is 0 Å². The quantitative estimate of drug-likeness (QED) is 0.214. The van der Waals surface area contributed by atoms with E-state index in [2.05, 4.69) is 31.9 Å². The summed E-state index contributed by atoms with van der Waals surface area (Å²) in [5, 5.41) is 10.9. The monoisotopic (exact) mass is 434 g/mol. The lowest BCUT2D eigenvalue weighted by molar-refractivity contribution is -0.130. The number of carbonyl (C=O) groups is 3. The van der Waals surface area contributed by atoms with Crippen LogP contribution < -0.4 is 16.0 Å². The molecule has 0 bridgehead atoms. The molecule has 32 heavy (non-hydrogen) atoms. The van der Waals surface area contributed by atoms with Crippen molar-refractivity contribution in [1.29, 1.82) is 0 Å². The summed E-state index contributed by atoms with van der Waals surface area (Å²) in [5.41, 5.74) is 9.76. The van der Waals surface area contributed by atoms with Crippen LogP contribution in [0.5, 0.6) is 0 Å². The van der Waals surface area contributed by atoms with Crippen LogP contribution in [-0.4, -0.2) is 43.5 Å². The topological polar surface area (TPSA) is 145 Å². The molecule has 1 atom stereocenters. The summed E-state index contributed by atoms with van der Waals surface area (Å²) in [5.74, 6) is 0.568. The first-order valence-electron chi connectivity index (χ1n) is 9.59. The fraction of sp³-hybridized carbons (Fsp3) is 0.227. The molecule has 0 saturated carbocycles. The Kier molecular flexibility index (Phi) is 9.79. The van der Waals surface area contributed by atoms with Crippen LogP contribution in [0.3, 0.4) is 0 Å². The van der Waals surface area contributed by atoms with Crippen LogP contribution in [0.1, 0.15) is 15.9 Å². The van der Waals surface area contributed by atoms with Crippen LogP contribution in [0.15, 0.2) is 59.7 Å². The van der Waals surface area contributed by atoms with Gasteiger partial charge in [-0.15, -0.1) is 6.42 Å². The lowest BCUT2D eigenvalue weighted by Crippen LogP contribution is -2.51. The number of rotatable bonds is 11. The normalized spacial score (nSPS) is 10.7. The summed E-state index contributed by atoms with van der Waals surface area (Å²) < 4.78 is 5.56. The van der Waals surface area contributed by atoms with Crippen LogP contribution in [0, 0.1) is 12.3 Å². The highest BCUT2D eigenvalue weighted by molar-refractivity contribution is 6.00. The third-order valence-corrected chi connectivity index (χ3v) is 4.12. The van der Waals surface area contributed by atoms with E-state index >= 15 is 0 Å². The number of azide groups is 1. The molecule has 10 heteroatoms.